The second-order valence-corrected chi connectivity index (χ2v) is 3.69. The molecule has 0 aromatic carbocycles. The summed E-state index contributed by atoms with van der Waals surface area (Å²) in [4.78, 5) is 11.4. The summed E-state index contributed by atoms with van der Waals surface area (Å²) in [6, 6.07) is 0. The summed E-state index contributed by atoms with van der Waals surface area (Å²) in [5, 5.41) is 3.45. The molecule has 0 N–H and O–H groups in total. The zero-order valence-corrected chi connectivity index (χ0v) is 9.80. The van der Waals surface area contributed by atoms with Crippen molar-refractivity contribution in [3.63, 3.8) is 0 Å². The number of esters is 1. The van der Waals surface area contributed by atoms with Crippen LogP contribution in [0.4, 0.5) is 13.2 Å². The van der Waals surface area contributed by atoms with Crippen LogP contribution < -0.4 is 0 Å². The molecule has 0 aliphatic heterocycles. The second-order valence-electron chi connectivity index (χ2n) is 2.83. The highest BCUT2D eigenvalue weighted by Crippen LogP contribution is 2.22. The van der Waals surface area contributed by atoms with Gasteiger partial charge in [-0.1, -0.05) is 0 Å². The van der Waals surface area contributed by atoms with Crippen LogP contribution in [-0.4, -0.2) is 28.5 Å². The number of hydrogen-bond donors (Lipinski definition) is 0. The number of aromatic nitrogens is 2. The van der Waals surface area contributed by atoms with Gasteiger partial charge in [0.15, 0.2) is 5.69 Å². The maximum absolute atomic E-state index is 12.2. The second kappa shape index (κ2) is 4.86. The molecule has 0 saturated carbocycles. The van der Waals surface area contributed by atoms with E-state index >= 15 is 0 Å². The van der Waals surface area contributed by atoms with E-state index < -0.39 is 18.7 Å². The van der Waals surface area contributed by atoms with Crippen LogP contribution in [-0.2, 0) is 11.3 Å². The maximum Gasteiger partial charge on any atom is 0.408 e. The Labute approximate surface area is 97.5 Å². The summed E-state index contributed by atoms with van der Waals surface area (Å²) in [6.45, 7) is 0.325. The fourth-order valence-corrected chi connectivity index (χ4v) is 1.51. The molecule has 0 amide bonds. The normalized spacial score (nSPS) is 11.6. The van der Waals surface area contributed by atoms with Crippen molar-refractivity contribution < 1.29 is 22.7 Å². The summed E-state index contributed by atoms with van der Waals surface area (Å²) >= 11 is 2.94. The molecule has 16 heavy (non-hydrogen) atoms. The summed E-state index contributed by atoms with van der Waals surface area (Å²) in [7, 11) is 0. The molecule has 1 aromatic rings. The molecule has 1 aromatic heterocycles. The third kappa shape index (κ3) is 3.22. The molecule has 0 unspecified atom stereocenters. The predicted octanol–water partition coefficient (Wildman–Crippen LogP) is 2.38. The molecule has 1 heterocycles. The number of alkyl halides is 3. The average Bonchev–Trinajstić information content (AvgIpc) is 2.44. The molecule has 0 spiro atoms. The smallest absolute Gasteiger partial charge is 0.408 e. The van der Waals surface area contributed by atoms with Gasteiger partial charge < -0.3 is 4.74 Å². The van der Waals surface area contributed by atoms with Crippen molar-refractivity contribution in [3.8, 4) is 0 Å². The van der Waals surface area contributed by atoms with Crippen molar-refractivity contribution in [2.24, 2.45) is 0 Å². The van der Waals surface area contributed by atoms with Gasteiger partial charge in [-0.3, -0.25) is 0 Å². The van der Waals surface area contributed by atoms with Crippen molar-refractivity contribution in [1.82, 2.24) is 9.78 Å². The fraction of sp³-hybridized carbons (Fsp3) is 0.500. The van der Waals surface area contributed by atoms with Gasteiger partial charge in [0.05, 0.1) is 17.3 Å². The molecule has 0 bridgehead atoms. The lowest BCUT2D eigenvalue weighted by Crippen LogP contribution is -2.23. The number of nitrogens with zero attached hydrogens (tertiary/aromatic N) is 2. The molecule has 0 saturated heterocycles. The van der Waals surface area contributed by atoms with Gasteiger partial charge in [0.2, 0.25) is 0 Å². The zero-order chi connectivity index (χ0) is 12.3. The SMILES string of the molecule is CCOC(=O)c1c(Br)cnn1CC(F)(F)F. The van der Waals surface area contributed by atoms with Crippen LogP contribution in [0.2, 0.25) is 0 Å². The first kappa shape index (κ1) is 13.0. The number of carbonyl (C=O) groups excluding carboxylic acids is 1. The Hall–Kier alpha value is -1.05. The minimum absolute atomic E-state index is 0.0858. The van der Waals surface area contributed by atoms with Gasteiger partial charge >= 0.3 is 12.1 Å². The molecule has 8 heteroatoms. The Balaban J connectivity index is 2.98. The average molecular weight is 301 g/mol. The third-order valence-corrected chi connectivity index (χ3v) is 2.17. The van der Waals surface area contributed by atoms with Crippen molar-refractivity contribution in [2.75, 3.05) is 6.61 Å². The number of rotatable bonds is 3. The maximum atomic E-state index is 12.2. The monoisotopic (exact) mass is 300 g/mol. The van der Waals surface area contributed by atoms with Gasteiger partial charge in [-0.2, -0.15) is 18.3 Å². The lowest BCUT2D eigenvalue weighted by Gasteiger charge is -2.09. The van der Waals surface area contributed by atoms with Crippen LogP contribution >= 0.6 is 15.9 Å². The predicted molar refractivity (Wildman–Crippen MR) is 51.9 cm³/mol. The number of hydrogen-bond acceptors (Lipinski definition) is 3. The fourth-order valence-electron chi connectivity index (χ4n) is 1.05. The van der Waals surface area contributed by atoms with Crippen LogP contribution in [0.1, 0.15) is 17.4 Å². The molecule has 90 valence electrons. The summed E-state index contributed by atoms with van der Waals surface area (Å²) in [5.41, 5.74) is -0.237. The van der Waals surface area contributed by atoms with E-state index in [1.54, 1.807) is 6.92 Å². The Bertz CT molecular complexity index is 389. The van der Waals surface area contributed by atoms with Gasteiger partial charge in [0, 0.05) is 0 Å². The van der Waals surface area contributed by atoms with Crippen LogP contribution in [0.15, 0.2) is 10.7 Å². The van der Waals surface area contributed by atoms with E-state index in [0.717, 1.165) is 6.20 Å². The van der Waals surface area contributed by atoms with Crippen LogP contribution in [0.5, 0.6) is 0 Å². The summed E-state index contributed by atoms with van der Waals surface area (Å²) < 4.78 is 41.8. The third-order valence-electron chi connectivity index (χ3n) is 1.59. The van der Waals surface area contributed by atoms with E-state index in [4.69, 9.17) is 0 Å². The number of ether oxygens (including phenoxy) is 1. The highest BCUT2D eigenvalue weighted by Gasteiger charge is 2.31. The largest absolute Gasteiger partial charge is 0.461 e. The van der Waals surface area contributed by atoms with Crippen LogP contribution in [0, 0.1) is 0 Å². The molecule has 4 nitrogen and oxygen atoms in total. The van der Waals surface area contributed by atoms with Crippen molar-refractivity contribution in [2.45, 2.75) is 19.6 Å². The quantitative estimate of drug-likeness (QED) is 0.805. The minimum Gasteiger partial charge on any atom is -0.461 e. The number of halogens is 4. The lowest BCUT2D eigenvalue weighted by molar-refractivity contribution is -0.142. The molecule has 0 aliphatic carbocycles. The van der Waals surface area contributed by atoms with E-state index in [1.165, 1.54) is 0 Å². The summed E-state index contributed by atoms with van der Waals surface area (Å²) in [6.07, 6.45) is -3.31. The van der Waals surface area contributed by atoms with E-state index in [0.29, 0.717) is 4.68 Å². The Morgan fingerprint density at radius 1 is 1.62 bits per heavy atom. The number of carbonyl (C=O) groups is 1. The highest BCUT2D eigenvalue weighted by molar-refractivity contribution is 9.10. The van der Waals surface area contributed by atoms with Crippen LogP contribution in [0.3, 0.4) is 0 Å². The van der Waals surface area contributed by atoms with E-state index in [2.05, 4.69) is 25.8 Å². The van der Waals surface area contributed by atoms with Gasteiger partial charge in [0.1, 0.15) is 6.54 Å². The first-order chi connectivity index (χ1) is 7.35. The Morgan fingerprint density at radius 2 is 2.25 bits per heavy atom. The first-order valence-electron chi connectivity index (χ1n) is 4.30. The van der Waals surface area contributed by atoms with Crippen LogP contribution in [0.25, 0.3) is 0 Å². The molecular formula is C8H8BrF3N2O2. The van der Waals surface area contributed by atoms with E-state index in [9.17, 15) is 18.0 Å². The lowest BCUT2D eigenvalue weighted by atomic mass is 10.4. The Morgan fingerprint density at radius 3 is 2.75 bits per heavy atom. The van der Waals surface area contributed by atoms with E-state index in [1.807, 2.05) is 0 Å². The van der Waals surface area contributed by atoms with Crippen molar-refractivity contribution in [3.05, 3.63) is 16.4 Å². The molecule has 0 atom stereocenters. The standard InChI is InChI=1S/C8H8BrF3N2O2/c1-2-16-7(15)6-5(9)3-13-14(6)4-8(10,11)12/h3H,2,4H2,1H3. The molecule has 0 fully saturated rings. The van der Waals surface area contributed by atoms with Gasteiger partial charge in [-0.25, -0.2) is 9.48 Å². The van der Waals surface area contributed by atoms with Gasteiger partial charge in [-0.15, -0.1) is 0 Å². The van der Waals surface area contributed by atoms with E-state index in [-0.39, 0.29) is 16.8 Å². The zero-order valence-electron chi connectivity index (χ0n) is 8.21. The molecule has 1 rings (SSSR count). The topological polar surface area (TPSA) is 44.1 Å². The highest BCUT2D eigenvalue weighted by atomic mass is 79.9. The van der Waals surface area contributed by atoms with Crippen molar-refractivity contribution in [1.29, 1.82) is 0 Å². The molecular weight excluding hydrogens is 293 g/mol. The molecule has 0 aliphatic rings. The Kier molecular flexibility index (Phi) is 3.95. The van der Waals surface area contributed by atoms with Gasteiger partial charge in [0.25, 0.3) is 0 Å². The molecule has 0 radical (unpaired) electrons. The van der Waals surface area contributed by atoms with Crippen molar-refractivity contribution >= 4 is 21.9 Å². The van der Waals surface area contributed by atoms with Gasteiger partial charge in [-0.05, 0) is 22.9 Å². The minimum atomic E-state index is -4.44. The first-order valence-corrected chi connectivity index (χ1v) is 5.09. The summed E-state index contributed by atoms with van der Waals surface area (Å²) in [5.74, 6) is -0.837.